The first-order valence-corrected chi connectivity index (χ1v) is 22.8. The Morgan fingerprint density at radius 2 is 0.986 bits per heavy atom. The van der Waals surface area contributed by atoms with Gasteiger partial charge in [0.1, 0.15) is 16.7 Å². The monoisotopic (exact) mass is 1000 g/mol. The predicted octanol–water partition coefficient (Wildman–Crippen LogP) is 10.0. The second-order valence-corrected chi connectivity index (χ2v) is 17.3. The van der Waals surface area contributed by atoms with E-state index in [0.29, 0.717) is 34.2 Å². The van der Waals surface area contributed by atoms with Crippen LogP contribution in [-0.4, -0.2) is 120 Å². The number of benzene rings is 4. The normalized spacial score (nSPS) is 14.7. The number of aromatic nitrogens is 6. The number of piperazine rings is 2. The van der Waals surface area contributed by atoms with E-state index in [1.807, 2.05) is 24.3 Å². The van der Waals surface area contributed by atoms with Crippen LogP contribution in [0.25, 0.3) is 33.8 Å². The number of hydrogen-bond donors (Lipinski definition) is 2. The van der Waals surface area contributed by atoms with E-state index >= 15 is 0 Å². The Bertz CT molecular complexity index is 3060. The average molecular weight is 1000 g/mol. The molecule has 0 bridgehead atoms. The van der Waals surface area contributed by atoms with Crippen LogP contribution in [0.2, 0.25) is 5.15 Å². The first-order chi connectivity index (χ1) is 34.0. The number of nitrogens with two attached hydrogens (primary N) is 1. The molecule has 2 aliphatic rings. The van der Waals surface area contributed by atoms with Crippen LogP contribution in [0.15, 0.2) is 122 Å². The number of hydrogen-bond acceptors (Lipinski definition) is 12. The number of ether oxygens (including phenoxy) is 2. The summed E-state index contributed by atoms with van der Waals surface area (Å²) in [5.41, 5.74) is 10.5. The number of alkyl halides is 6. The van der Waals surface area contributed by atoms with Gasteiger partial charge >= 0.3 is 12.4 Å². The summed E-state index contributed by atoms with van der Waals surface area (Å²) in [6.45, 7) is 8.56. The highest BCUT2D eigenvalue weighted by Gasteiger charge is 2.33. The molecule has 0 aliphatic carbocycles. The number of halogens is 7. The number of methoxy groups -OCH3 is 2. The summed E-state index contributed by atoms with van der Waals surface area (Å²) < 4.78 is 92.1. The maximum Gasteiger partial charge on any atom is 0.416 e. The van der Waals surface area contributed by atoms with Crippen molar-refractivity contribution in [2.75, 3.05) is 102 Å². The van der Waals surface area contributed by atoms with Crippen LogP contribution in [0.1, 0.15) is 11.1 Å². The Kier molecular flexibility index (Phi) is 15.1. The lowest BCUT2D eigenvalue weighted by Gasteiger charge is -2.34. The van der Waals surface area contributed by atoms with Gasteiger partial charge in [0.2, 0.25) is 0 Å². The minimum atomic E-state index is -4.47. The van der Waals surface area contributed by atoms with Crippen LogP contribution in [0, 0.1) is 0 Å². The molecular weight excluding hydrogens is 950 g/mol. The third kappa shape index (κ3) is 12.0. The fourth-order valence-electron chi connectivity index (χ4n) is 8.05. The molecule has 2 aliphatic heterocycles. The van der Waals surface area contributed by atoms with Crippen molar-refractivity contribution >= 4 is 51.5 Å². The van der Waals surface area contributed by atoms with Crippen molar-refractivity contribution < 1.29 is 35.8 Å². The van der Waals surface area contributed by atoms with E-state index in [0.717, 1.165) is 88.0 Å². The number of nitrogens with one attached hydrogen (secondary N) is 1. The van der Waals surface area contributed by atoms with Gasteiger partial charge in [-0.1, -0.05) is 11.6 Å². The molecular formula is C50H51ClF6N12O2. The van der Waals surface area contributed by atoms with Crippen LogP contribution in [0.3, 0.4) is 0 Å². The molecule has 4 aromatic carbocycles. The van der Waals surface area contributed by atoms with Gasteiger partial charge in [0, 0.05) is 86.2 Å². The molecule has 0 amide bonds. The van der Waals surface area contributed by atoms with E-state index in [1.165, 1.54) is 59.2 Å². The molecule has 0 atom stereocenters. The van der Waals surface area contributed by atoms with Crippen molar-refractivity contribution in [2.24, 2.45) is 0 Å². The lowest BCUT2D eigenvalue weighted by molar-refractivity contribution is -0.138. The number of nitrogens with zero attached hydrogens (tertiary/aromatic N) is 10. The van der Waals surface area contributed by atoms with Gasteiger partial charge in [0.15, 0.2) is 17.1 Å². The Morgan fingerprint density at radius 3 is 1.44 bits per heavy atom. The first-order valence-electron chi connectivity index (χ1n) is 22.4. The van der Waals surface area contributed by atoms with E-state index in [2.05, 4.69) is 83.4 Å². The van der Waals surface area contributed by atoms with Crippen molar-refractivity contribution in [1.29, 1.82) is 0 Å². The third-order valence-electron chi connectivity index (χ3n) is 12.1. The number of anilines is 5. The number of likely N-dealkylation sites (N-methyl/N-ethyl adjacent to an activating group) is 2. The molecule has 0 spiro atoms. The van der Waals surface area contributed by atoms with Crippen LogP contribution in [0.5, 0.6) is 11.5 Å². The summed E-state index contributed by atoms with van der Waals surface area (Å²) in [5.74, 6) is 1.13. The lowest BCUT2D eigenvalue weighted by atomic mass is 10.1. The minimum Gasteiger partial charge on any atom is -0.496 e. The van der Waals surface area contributed by atoms with Gasteiger partial charge in [-0.3, -0.25) is 0 Å². The highest BCUT2D eigenvalue weighted by molar-refractivity contribution is 6.29. The summed E-state index contributed by atoms with van der Waals surface area (Å²) in [4.78, 5) is 17.8. The number of fused-ring (bicyclic) bond motifs is 2. The standard InChI is InChI=1S/C25H25F3N6O.C14H9ClF3N3O.C11H17N3/c1-32-11-13-33(14-12-32)19-6-4-18(5-7-19)30-23-9-10-24-29-16-21(34(24)31-23)20-15-17(25(26,27)28)3-8-22(20)35-2;1-22-11-3-2-8(14(16,17)18)6-9(11)10-7-19-13-5-4-12(15)20-21(10)13;1-13-6-8-14(9-7-13)11-4-2-10(12)3-5-11/h3-10,15-16H,11-14H2,1-2H3,(H,30,31);2-7H,1H3;2-5H,6-9,12H2,1H3. The molecule has 0 saturated carbocycles. The van der Waals surface area contributed by atoms with Crippen molar-refractivity contribution in [3.05, 3.63) is 138 Å². The zero-order chi connectivity index (χ0) is 50.5. The molecule has 3 N–H and O–H groups in total. The van der Waals surface area contributed by atoms with E-state index in [9.17, 15) is 26.3 Å². The molecule has 2 saturated heterocycles. The number of rotatable bonds is 8. The SMILES string of the molecule is CN1CCN(c2ccc(N)cc2)CC1.COc1ccc(C(F)(F)F)cc1-c1cnc2ccc(Cl)nn12.COc1ccc(C(F)(F)F)cc1-c1cnc2ccc(Nc3ccc(N4CCN(C)CC4)cc3)nn12. The molecule has 6 heterocycles. The molecule has 21 heteroatoms. The zero-order valence-electron chi connectivity index (χ0n) is 39.2. The Morgan fingerprint density at radius 1 is 0.549 bits per heavy atom. The van der Waals surface area contributed by atoms with Gasteiger partial charge in [0.05, 0.1) is 49.1 Å². The predicted molar refractivity (Wildman–Crippen MR) is 265 cm³/mol. The molecule has 8 aromatic rings. The molecule has 10 rings (SSSR count). The van der Waals surface area contributed by atoms with Crippen LogP contribution in [0.4, 0.5) is 54.9 Å². The molecule has 4 aromatic heterocycles. The van der Waals surface area contributed by atoms with Gasteiger partial charge in [-0.05, 0) is 123 Å². The topological polar surface area (TPSA) is 130 Å². The highest BCUT2D eigenvalue weighted by atomic mass is 35.5. The van der Waals surface area contributed by atoms with E-state index in [1.54, 1.807) is 24.3 Å². The van der Waals surface area contributed by atoms with Gasteiger partial charge in [-0.2, -0.15) is 31.4 Å². The summed E-state index contributed by atoms with van der Waals surface area (Å²) in [6.07, 6.45) is -6.00. The maximum absolute atomic E-state index is 13.3. The molecule has 71 heavy (non-hydrogen) atoms. The number of imidazole rings is 2. The van der Waals surface area contributed by atoms with Gasteiger partial charge in [-0.15, -0.1) is 5.10 Å². The largest absolute Gasteiger partial charge is 0.496 e. The van der Waals surface area contributed by atoms with Gasteiger partial charge < -0.3 is 40.1 Å². The van der Waals surface area contributed by atoms with Crippen LogP contribution in [-0.2, 0) is 12.4 Å². The fraction of sp³-hybridized carbons (Fsp3) is 0.280. The maximum atomic E-state index is 13.3. The second kappa shape index (κ2) is 21.4. The zero-order valence-corrected chi connectivity index (χ0v) is 40.0. The molecule has 372 valence electrons. The summed E-state index contributed by atoms with van der Waals surface area (Å²) in [5, 5.41) is 12.1. The Balaban J connectivity index is 0.000000159. The van der Waals surface area contributed by atoms with E-state index in [-0.39, 0.29) is 22.0 Å². The summed E-state index contributed by atoms with van der Waals surface area (Å²) in [6, 6.07) is 29.6. The molecule has 2 fully saturated rings. The summed E-state index contributed by atoms with van der Waals surface area (Å²) >= 11 is 5.84. The third-order valence-corrected chi connectivity index (χ3v) is 12.3. The molecule has 0 radical (unpaired) electrons. The van der Waals surface area contributed by atoms with Crippen molar-refractivity contribution in [1.82, 2.24) is 39.0 Å². The average Bonchev–Trinajstić information content (AvgIpc) is 3.98. The highest BCUT2D eigenvalue weighted by Crippen LogP contribution is 2.39. The van der Waals surface area contributed by atoms with Crippen LogP contribution >= 0.6 is 11.6 Å². The van der Waals surface area contributed by atoms with Crippen LogP contribution < -0.4 is 30.3 Å². The lowest BCUT2D eigenvalue weighted by Crippen LogP contribution is -2.44. The van der Waals surface area contributed by atoms with Crippen molar-refractivity contribution in [3.63, 3.8) is 0 Å². The van der Waals surface area contributed by atoms with Gasteiger partial charge in [-0.25, -0.2) is 19.0 Å². The smallest absolute Gasteiger partial charge is 0.416 e. The number of nitrogen functional groups attached to an aromatic ring is 1. The second-order valence-electron chi connectivity index (χ2n) is 16.9. The van der Waals surface area contributed by atoms with Gasteiger partial charge in [0.25, 0.3) is 0 Å². The van der Waals surface area contributed by atoms with E-state index < -0.39 is 23.5 Å². The molecule has 14 nitrogen and oxygen atoms in total. The Labute approximate surface area is 410 Å². The summed E-state index contributed by atoms with van der Waals surface area (Å²) in [7, 11) is 7.10. The Hall–Kier alpha value is -7.29. The minimum absolute atomic E-state index is 0.206. The van der Waals surface area contributed by atoms with E-state index in [4.69, 9.17) is 26.8 Å². The quantitative estimate of drug-likeness (QED) is 0.111. The fourth-order valence-corrected chi connectivity index (χ4v) is 8.18. The van der Waals surface area contributed by atoms with Crippen molar-refractivity contribution in [2.45, 2.75) is 12.4 Å². The van der Waals surface area contributed by atoms with Crippen molar-refractivity contribution in [3.8, 4) is 34.0 Å². The molecule has 0 unspecified atom stereocenters. The first kappa shape index (κ1) is 50.1.